The molecule has 0 amide bonds. The Morgan fingerprint density at radius 2 is 2.38 bits per heavy atom. The van der Waals surface area contributed by atoms with Crippen molar-refractivity contribution in [2.45, 2.75) is 6.54 Å². The first-order valence-corrected chi connectivity index (χ1v) is 3.73. The van der Waals surface area contributed by atoms with Crippen molar-refractivity contribution in [1.29, 1.82) is 0 Å². The lowest BCUT2D eigenvalue weighted by molar-refractivity contribution is -0.384. The van der Waals surface area contributed by atoms with Crippen LogP contribution in [0.3, 0.4) is 0 Å². The Kier molecular flexibility index (Phi) is 3.36. The van der Waals surface area contributed by atoms with Crippen LogP contribution in [0.15, 0.2) is 24.3 Å². The molecule has 1 N–H and O–H groups in total. The zero-order chi connectivity index (χ0) is 9.68. The molecule has 0 radical (unpaired) electrons. The van der Waals surface area contributed by atoms with Crippen molar-refractivity contribution >= 4 is 5.69 Å². The van der Waals surface area contributed by atoms with Crippen molar-refractivity contribution in [2.24, 2.45) is 0 Å². The Morgan fingerprint density at radius 3 is 3.00 bits per heavy atom. The monoisotopic (exact) mass is 182 g/mol. The molecule has 0 aliphatic rings. The fourth-order valence-electron chi connectivity index (χ4n) is 0.935. The summed E-state index contributed by atoms with van der Waals surface area (Å²) in [5.74, 6) is 0. The molecule has 5 nitrogen and oxygen atoms in total. The summed E-state index contributed by atoms with van der Waals surface area (Å²) in [6, 6.07) is 6.39. The van der Waals surface area contributed by atoms with Crippen LogP contribution in [0.2, 0.25) is 0 Å². The molecule has 0 heterocycles. The van der Waals surface area contributed by atoms with E-state index < -0.39 is 4.92 Å². The largest absolute Gasteiger partial charge is 0.305 e. The molecular formula is C8H10N2O3. The van der Waals surface area contributed by atoms with E-state index in [2.05, 4.69) is 10.3 Å². The van der Waals surface area contributed by atoms with Gasteiger partial charge in [-0.3, -0.25) is 10.1 Å². The van der Waals surface area contributed by atoms with Crippen molar-refractivity contribution in [3.8, 4) is 0 Å². The summed E-state index contributed by atoms with van der Waals surface area (Å²) in [4.78, 5) is 14.6. The topological polar surface area (TPSA) is 64.4 Å². The summed E-state index contributed by atoms with van der Waals surface area (Å²) in [5, 5.41) is 10.4. The average molecular weight is 182 g/mol. The molecule has 0 aliphatic heterocycles. The molecule has 0 aliphatic carbocycles. The van der Waals surface area contributed by atoms with Gasteiger partial charge in [-0.2, -0.15) is 5.48 Å². The lowest BCUT2D eigenvalue weighted by Crippen LogP contribution is -2.10. The van der Waals surface area contributed by atoms with E-state index in [1.54, 1.807) is 12.1 Å². The first kappa shape index (κ1) is 9.63. The maximum atomic E-state index is 10.4. The third-order valence-electron chi connectivity index (χ3n) is 1.54. The Labute approximate surface area is 75.4 Å². The SMILES string of the molecule is CONCc1cccc([N+](=O)[O-])c1. The second-order valence-electron chi connectivity index (χ2n) is 2.45. The average Bonchev–Trinajstić information content (AvgIpc) is 2.15. The highest BCUT2D eigenvalue weighted by atomic mass is 16.6. The second-order valence-corrected chi connectivity index (χ2v) is 2.45. The lowest BCUT2D eigenvalue weighted by atomic mass is 10.2. The van der Waals surface area contributed by atoms with Crippen LogP contribution < -0.4 is 5.48 Å². The molecule has 0 saturated carbocycles. The standard InChI is InChI=1S/C8H10N2O3/c1-13-9-6-7-3-2-4-8(5-7)10(11)12/h2-5,9H,6H2,1H3. The maximum absolute atomic E-state index is 10.4. The Hall–Kier alpha value is -1.46. The van der Waals surface area contributed by atoms with E-state index in [1.165, 1.54) is 19.2 Å². The molecule has 0 saturated heterocycles. The van der Waals surface area contributed by atoms with Crippen molar-refractivity contribution in [1.82, 2.24) is 5.48 Å². The van der Waals surface area contributed by atoms with Crippen molar-refractivity contribution in [3.05, 3.63) is 39.9 Å². The van der Waals surface area contributed by atoms with Crippen LogP contribution in [0.1, 0.15) is 5.56 Å². The molecule has 0 bridgehead atoms. The van der Waals surface area contributed by atoms with E-state index in [9.17, 15) is 10.1 Å². The highest BCUT2D eigenvalue weighted by Crippen LogP contribution is 2.12. The zero-order valence-electron chi connectivity index (χ0n) is 7.19. The number of hydrogen-bond acceptors (Lipinski definition) is 4. The number of rotatable bonds is 4. The van der Waals surface area contributed by atoms with Gasteiger partial charge in [-0.1, -0.05) is 12.1 Å². The molecule has 0 fully saturated rings. The van der Waals surface area contributed by atoms with Crippen LogP contribution in [-0.4, -0.2) is 12.0 Å². The van der Waals surface area contributed by atoms with Crippen LogP contribution in [-0.2, 0) is 11.4 Å². The number of benzene rings is 1. The van der Waals surface area contributed by atoms with Gasteiger partial charge in [0.15, 0.2) is 0 Å². The molecule has 1 aromatic rings. The smallest absolute Gasteiger partial charge is 0.269 e. The molecular weight excluding hydrogens is 172 g/mol. The minimum Gasteiger partial charge on any atom is -0.305 e. The van der Waals surface area contributed by atoms with Gasteiger partial charge in [0.1, 0.15) is 0 Å². The van der Waals surface area contributed by atoms with Gasteiger partial charge in [0, 0.05) is 18.7 Å². The highest BCUT2D eigenvalue weighted by Gasteiger charge is 2.04. The third-order valence-corrected chi connectivity index (χ3v) is 1.54. The summed E-state index contributed by atoms with van der Waals surface area (Å²) in [6.07, 6.45) is 0. The number of nitro benzene ring substituents is 1. The van der Waals surface area contributed by atoms with E-state index in [1.807, 2.05) is 0 Å². The first-order valence-electron chi connectivity index (χ1n) is 3.73. The number of non-ortho nitro benzene ring substituents is 1. The van der Waals surface area contributed by atoms with Crippen LogP contribution >= 0.6 is 0 Å². The van der Waals surface area contributed by atoms with Crippen LogP contribution in [0, 0.1) is 10.1 Å². The summed E-state index contributed by atoms with van der Waals surface area (Å²) < 4.78 is 0. The summed E-state index contributed by atoms with van der Waals surface area (Å²) in [6.45, 7) is 0.457. The molecule has 13 heavy (non-hydrogen) atoms. The van der Waals surface area contributed by atoms with Gasteiger partial charge in [0.2, 0.25) is 0 Å². The molecule has 0 atom stereocenters. The van der Waals surface area contributed by atoms with Gasteiger partial charge < -0.3 is 4.84 Å². The quantitative estimate of drug-likeness (QED) is 0.562. The molecule has 5 heteroatoms. The number of nitrogens with one attached hydrogen (secondary N) is 1. The third kappa shape index (κ3) is 2.81. The molecule has 0 spiro atoms. The van der Waals surface area contributed by atoms with Gasteiger partial charge >= 0.3 is 0 Å². The fraction of sp³-hybridized carbons (Fsp3) is 0.250. The fourth-order valence-corrected chi connectivity index (χ4v) is 0.935. The predicted octanol–water partition coefficient (Wildman–Crippen LogP) is 1.25. The van der Waals surface area contributed by atoms with E-state index in [0.29, 0.717) is 6.54 Å². The van der Waals surface area contributed by atoms with E-state index in [0.717, 1.165) is 5.56 Å². The van der Waals surface area contributed by atoms with Gasteiger partial charge in [0.25, 0.3) is 5.69 Å². The lowest BCUT2D eigenvalue weighted by Gasteiger charge is -2.00. The first-order chi connectivity index (χ1) is 6.24. The van der Waals surface area contributed by atoms with Crippen LogP contribution in [0.5, 0.6) is 0 Å². The number of nitro groups is 1. The summed E-state index contributed by atoms with van der Waals surface area (Å²) in [5.41, 5.74) is 3.52. The summed E-state index contributed by atoms with van der Waals surface area (Å²) >= 11 is 0. The van der Waals surface area contributed by atoms with Crippen molar-refractivity contribution in [2.75, 3.05) is 7.11 Å². The van der Waals surface area contributed by atoms with Gasteiger partial charge in [0.05, 0.1) is 12.0 Å². The number of hydroxylamine groups is 1. The van der Waals surface area contributed by atoms with E-state index >= 15 is 0 Å². The number of hydrogen-bond donors (Lipinski definition) is 1. The predicted molar refractivity (Wildman–Crippen MR) is 46.9 cm³/mol. The second kappa shape index (κ2) is 4.54. The van der Waals surface area contributed by atoms with Gasteiger partial charge in [-0.15, -0.1) is 0 Å². The number of nitrogens with zero attached hydrogens (tertiary/aromatic N) is 1. The molecule has 1 rings (SSSR count). The molecule has 0 aromatic heterocycles. The van der Waals surface area contributed by atoms with Crippen LogP contribution in [0.25, 0.3) is 0 Å². The Morgan fingerprint density at radius 1 is 1.62 bits per heavy atom. The zero-order valence-corrected chi connectivity index (χ0v) is 7.19. The van der Waals surface area contributed by atoms with Gasteiger partial charge in [-0.05, 0) is 5.56 Å². The van der Waals surface area contributed by atoms with Crippen LogP contribution in [0.4, 0.5) is 5.69 Å². The Bertz CT molecular complexity index is 301. The van der Waals surface area contributed by atoms with Crippen molar-refractivity contribution < 1.29 is 9.76 Å². The minimum absolute atomic E-state index is 0.0930. The normalized spacial score (nSPS) is 9.92. The van der Waals surface area contributed by atoms with Crippen molar-refractivity contribution in [3.63, 3.8) is 0 Å². The van der Waals surface area contributed by atoms with E-state index in [4.69, 9.17) is 0 Å². The molecule has 0 unspecified atom stereocenters. The molecule has 70 valence electrons. The summed E-state index contributed by atoms with van der Waals surface area (Å²) in [7, 11) is 1.50. The maximum Gasteiger partial charge on any atom is 0.269 e. The molecule has 1 aromatic carbocycles. The highest BCUT2D eigenvalue weighted by molar-refractivity contribution is 5.33. The minimum atomic E-state index is -0.420. The van der Waals surface area contributed by atoms with Gasteiger partial charge in [-0.25, -0.2) is 0 Å². The Balaban J connectivity index is 2.73. The van der Waals surface area contributed by atoms with E-state index in [-0.39, 0.29) is 5.69 Å².